The van der Waals surface area contributed by atoms with Crippen molar-refractivity contribution < 1.29 is 4.74 Å². The number of hydrogen-bond acceptors (Lipinski definition) is 7. The van der Waals surface area contributed by atoms with Gasteiger partial charge in [-0.05, 0) is 0 Å². The Balaban J connectivity index is 1.40. The molecular weight excluding hydrogens is 474 g/mol. The van der Waals surface area contributed by atoms with E-state index in [0.29, 0.717) is 40.4 Å². The van der Waals surface area contributed by atoms with E-state index in [1.165, 1.54) is 21.9 Å². The summed E-state index contributed by atoms with van der Waals surface area (Å²) in [6, 6.07) is 0. The third-order valence-corrected chi connectivity index (χ3v) is 16.7. The molecule has 0 radical (unpaired) electrons. The summed E-state index contributed by atoms with van der Waals surface area (Å²) < 4.78 is 14.3. The standard InChI is InChI=1S/C12H8N2OS4Se2/c1-2-14-8-7(13-1)20-12(21-8)11-18-9-10(19-11)17-6-4-15-3-5(6)16-9/h1-2,5-6H,3-4H2/t5-,6+. The van der Waals surface area contributed by atoms with Crippen LogP contribution in [0.4, 0.5) is 0 Å². The summed E-state index contributed by atoms with van der Waals surface area (Å²) in [5.74, 6) is 0. The van der Waals surface area contributed by atoms with Gasteiger partial charge in [0.1, 0.15) is 0 Å². The van der Waals surface area contributed by atoms with E-state index >= 15 is 0 Å². The maximum atomic E-state index is 5.62. The first kappa shape index (κ1) is 14.3. The predicted octanol–water partition coefficient (Wildman–Crippen LogP) is 1.13. The van der Waals surface area contributed by atoms with E-state index in [4.69, 9.17) is 4.74 Å². The zero-order chi connectivity index (χ0) is 13.8. The summed E-state index contributed by atoms with van der Waals surface area (Å²) in [7, 11) is 0. The molecule has 1 aromatic rings. The zero-order valence-electron chi connectivity index (χ0n) is 10.5. The first-order chi connectivity index (χ1) is 10.4. The van der Waals surface area contributed by atoms with Crippen molar-refractivity contribution in [1.29, 1.82) is 0 Å². The zero-order valence-corrected chi connectivity index (χ0v) is 17.2. The molecule has 5 rings (SSSR count). The molecule has 0 aliphatic carbocycles. The Bertz CT molecular complexity index is 643. The van der Waals surface area contributed by atoms with Crippen LogP contribution in [0.5, 0.6) is 0 Å². The molecular formula is C12H8N2OS4Se2. The third-order valence-electron chi connectivity index (χ3n) is 3.21. The molecule has 0 saturated carbocycles. The van der Waals surface area contributed by atoms with Gasteiger partial charge in [-0.2, -0.15) is 0 Å². The summed E-state index contributed by atoms with van der Waals surface area (Å²) in [5.41, 5.74) is 0. The molecule has 1 fully saturated rings. The van der Waals surface area contributed by atoms with Gasteiger partial charge in [0.2, 0.25) is 0 Å². The molecule has 1 saturated heterocycles. The first-order valence-corrected chi connectivity index (χ1v) is 13.1. The molecule has 0 aromatic carbocycles. The van der Waals surface area contributed by atoms with Crippen LogP contribution in [0.3, 0.4) is 0 Å². The van der Waals surface area contributed by atoms with E-state index in [0.717, 1.165) is 13.2 Å². The van der Waals surface area contributed by atoms with Crippen LogP contribution >= 0.6 is 47.0 Å². The Morgan fingerprint density at radius 2 is 1.48 bits per heavy atom. The molecule has 9 heteroatoms. The monoisotopic (exact) mass is 484 g/mol. The Labute approximate surface area is 152 Å². The van der Waals surface area contributed by atoms with Crippen molar-refractivity contribution in [2.45, 2.75) is 10.5 Å². The molecule has 1 aromatic heterocycles. The van der Waals surface area contributed by atoms with Crippen LogP contribution in [-0.2, 0) is 4.74 Å². The molecule has 0 N–H and O–H groups in total. The van der Waals surface area contributed by atoms with E-state index < -0.39 is 0 Å². The van der Waals surface area contributed by atoms with Crippen LogP contribution in [0.25, 0.3) is 0 Å². The minimum atomic E-state index is 0.391. The Hall–Kier alpha value is 0.959. The van der Waals surface area contributed by atoms with Crippen molar-refractivity contribution in [3.8, 4) is 0 Å². The molecule has 0 spiro atoms. The van der Waals surface area contributed by atoms with Crippen molar-refractivity contribution in [2.75, 3.05) is 13.2 Å². The molecule has 4 aliphatic heterocycles. The molecule has 4 aliphatic rings. The van der Waals surface area contributed by atoms with Gasteiger partial charge in [-0.1, -0.05) is 0 Å². The van der Waals surface area contributed by atoms with E-state index in [9.17, 15) is 0 Å². The van der Waals surface area contributed by atoms with E-state index in [1.807, 2.05) is 59.4 Å². The first-order valence-electron chi connectivity index (χ1n) is 6.29. The topological polar surface area (TPSA) is 35.0 Å². The van der Waals surface area contributed by atoms with Crippen LogP contribution in [0.15, 0.2) is 28.5 Å². The fourth-order valence-electron chi connectivity index (χ4n) is 2.24. The second-order valence-electron chi connectivity index (χ2n) is 4.57. The number of fused-ring (bicyclic) bond motifs is 2. The number of thioether (sulfide) groups is 4. The van der Waals surface area contributed by atoms with Gasteiger partial charge in [-0.15, -0.1) is 0 Å². The van der Waals surface area contributed by atoms with Gasteiger partial charge in [0.25, 0.3) is 0 Å². The fraction of sp³-hybridized carbons (Fsp3) is 0.333. The molecule has 21 heavy (non-hydrogen) atoms. The molecule has 0 bridgehead atoms. The van der Waals surface area contributed by atoms with Crippen LogP contribution in [0.1, 0.15) is 0 Å². The van der Waals surface area contributed by atoms with Gasteiger partial charge >= 0.3 is 153 Å². The molecule has 5 heterocycles. The summed E-state index contributed by atoms with van der Waals surface area (Å²) >= 11 is 8.86. The number of hydrogen-bond donors (Lipinski definition) is 0. The van der Waals surface area contributed by atoms with Crippen LogP contribution in [0, 0.1) is 0 Å². The van der Waals surface area contributed by atoms with Gasteiger partial charge in [-0.3, -0.25) is 0 Å². The number of ether oxygens (including phenoxy) is 1. The van der Waals surface area contributed by atoms with E-state index in [1.54, 1.807) is 3.37 Å². The minimum absolute atomic E-state index is 0.391. The van der Waals surface area contributed by atoms with Crippen molar-refractivity contribution >= 4 is 86.1 Å². The van der Waals surface area contributed by atoms with Crippen LogP contribution in [-0.4, -0.2) is 63.6 Å². The third kappa shape index (κ3) is 2.59. The normalized spacial score (nSPS) is 30.7. The van der Waals surface area contributed by atoms with Gasteiger partial charge < -0.3 is 0 Å². The molecule has 0 unspecified atom stereocenters. The summed E-state index contributed by atoms with van der Waals surface area (Å²) in [5, 5.41) is 1.32. The summed E-state index contributed by atoms with van der Waals surface area (Å²) in [6.45, 7) is 1.84. The van der Waals surface area contributed by atoms with Crippen molar-refractivity contribution in [3.63, 3.8) is 0 Å². The van der Waals surface area contributed by atoms with Crippen molar-refractivity contribution in [3.05, 3.63) is 28.5 Å². The van der Waals surface area contributed by atoms with Gasteiger partial charge in [-0.25, -0.2) is 0 Å². The second kappa shape index (κ2) is 5.79. The number of nitrogens with zero attached hydrogens (tertiary/aromatic N) is 2. The Morgan fingerprint density at radius 1 is 0.905 bits per heavy atom. The molecule has 0 amide bonds. The van der Waals surface area contributed by atoms with Crippen LogP contribution < -0.4 is 9.18 Å². The van der Waals surface area contributed by atoms with Crippen molar-refractivity contribution in [1.82, 2.24) is 9.97 Å². The summed E-state index contributed by atoms with van der Waals surface area (Å²) in [4.78, 5) is 9.01. The average Bonchev–Trinajstić information content (AvgIpc) is 3.20. The quantitative estimate of drug-likeness (QED) is 0.514. The van der Waals surface area contributed by atoms with Gasteiger partial charge in [0, 0.05) is 0 Å². The van der Waals surface area contributed by atoms with Crippen molar-refractivity contribution in [2.24, 2.45) is 0 Å². The number of rotatable bonds is 0. The molecule has 108 valence electrons. The van der Waals surface area contributed by atoms with E-state index in [-0.39, 0.29) is 0 Å². The SMILES string of the molecule is c1cnc2c(n1)[Se]C(=C1SC3=C(S1)S[C@@H]1COC[C@@H]1S3)[Se]2. The predicted molar refractivity (Wildman–Crippen MR) is 95.6 cm³/mol. The molecule has 3 nitrogen and oxygen atoms in total. The average molecular weight is 482 g/mol. The fourth-order valence-corrected chi connectivity index (χ4v) is 15.7. The maximum absolute atomic E-state index is 5.62. The molecule has 2 atom stereocenters. The second-order valence-corrected chi connectivity index (χ2v) is 15.4. The Kier molecular flexibility index (Phi) is 3.95. The van der Waals surface area contributed by atoms with Crippen LogP contribution in [0.2, 0.25) is 0 Å². The number of aromatic nitrogens is 2. The Morgan fingerprint density at radius 3 is 2.05 bits per heavy atom. The van der Waals surface area contributed by atoms with E-state index in [2.05, 4.69) is 9.97 Å². The summed E-state index contributed by atoms with van der Waals surface area (Å²) in [6.07, 6.45) is 3.66. The van der Waals surface area contributed by atoms with Gasteiger partial charge in [0.15, 0.2) is 0 Å². The van der Waals surface area contributed by atoms with Gasteiger partial charge in [0.05, 0.1) is 0 Å².